The molecule has 0 unspecified atom stereocenters. The highest BCUT2D eigenvalue weighted by Gasteiger charge is 2.08. The van der Waals surface area contributed by atoms with Gasteiger partial charge in [-0.05, 0) is 24.5 Å². The fourth-order valence-electron chi connectivity index (χ4n) is 1.80. The number of imidazole rings is 1. The van der Waals surface area contributed by atoms with E-state index < -0.39 is 0 Å². The highest BCUT2D eigenvalue weighted by molar-refractivity contribution is 9.10. The topological polar surface area (TPSA) is 41.6 Å². The Balaban J connectivity index is 2.16. The molecule has 4 heteroatoms. The molecule has 0 aliphatic rings. The van der Waals surface area contributed by atoms with Crippen LogP contribution in [0.3, 0.4) is 0 Å². The smallest absolute Gasteiger partial charge is 0.161 e. The van der Waals surface area contributed by atoms with E-state index in [1.165, 1.54) is 5.56 Å². The summed E-state index contributed by atoms with van der Waals surface area (Å²) in [6, 6.07) is 10.3. The molecule has 0 aliphatic carbocycles. The first-order valence-corrected chi connectivity index (χ1v) is 6.15. The van der Waals surface area contributed by atoms with Crippen molar-refractivity contribution in [1.29, 1.82) is 5.26 Å². The lowest BCUT2D eigenvalue weighted by atomic mass is 10.1. The van der Waals surface area contributed by atoms with E-state index in [9.17, 15) is 0 Å². The van der Waals surface area contributed by atoms with Crippen molar-refractivity contribution in [3.8, 4) is 6.07 Å². The monoisotopic (exact) mass is 289 g/mol. The molecule has 0 aliphatic heterocycles. The van der Waals surface area contributed by atoms with Crippen LogP contribution < -0.4 is 0 Å². The first-order valence-electron chi connectivity index (χ1n) is 5.36. The lowest BCUT2D eigenvalue weighted by Gasteiger charge is -2.05. The van der Waals surface area contributed by atoms with Crippen molar-refractivity contribution >= 4 is 15.9 Å². The minimum atomic E-state index is 0.527. The lowest BCUT2D eigenvalue weighted by Crippen LogP contribution is -2.00. The lowest BCUT2D eigenvalue weighted by molar-refractivity contribution is 0.795. The molecule has 1 aromatic carbocycles. The number of halogens is 1. The van der Waals surface area contributed by atoms with Crippen molar-refractivity contribution in [2.24, 2.45) is 7.05 Å². The molecule has 0 amide bonds. The van der Waals surface area contributed by atoms with Gasteiger partial charge in [-0.2, -0.15) is 5.26 Å². The second kappa shape index (κ2) is 5.15. The van der Waals surface area contributed by atoms with Gasteiger partial charge in [-0.1, -0.05) is 34.1 Å². The number of benzene rings is 1. The third-order valence-electron chi connectivity index (χ3n) is 2.75. The Hall–Kier alpha value is -1.60. The number of hydrogen-bond donors (Lipinski definition) is 0. The van der Waals surface area contributed by atoms with Gasteiger partial charge in [0, 0.05) is 11.5 Å². The molecule has 17 heavy (non-hydrogen) atoms. The molecule has 0 bridgehead atoms. The van der Waals surface area contributed by atoms with E-state index in [0.29, 0.717) is 5.69 Å². The summed E-state index contributed by atoms with van der Waals surface area (Å²) in [5.74, 6) is 0. The molecule has 0 spiro atoms. The maximum atomic E-state index is 8.95. The van der Waals surface area contributed by atoms with Crippen LogP contribution in [0.25, 0.3) is 0 Å². The van der Waals surface area contributed by atoms with Crippen molar-refractivity contribution in [1.82, 2.24) is 9.55 Å². The largest absolute Gasteiger partial charge is 0.336 e. The van der Waals surface area contributed by atoms with Crippen LogP contribution >= 0.6 is 15.9 Å². The molecule has 2 aromatic rings. The summed E-state index contributed by atoms with van der Waals surface area (Å²) in [6.45, 7) is 0. The average molecular weight is 290 g/mol. The standard InChI is InChI=1S/C13H12BrN3/c1-17-9-16-12(8-15)13(17)7-6-10-4-2-3-5-11(10)14/h2-5,9H,6-7H2,1H3. The van der Waals surface area contributed by atoms with Crippen LogP contribution in [0.1, 0.15) is 17.0 Å². The maximum absolute atomic E-state index is 8.95. The number of aryl methyl sites for hydroxylation is 2. The third kappa shape index (κ3) is 2.56. The Kier molecular flexibility index (Phi) is 3.60. The molecule has 1 heterocycles. The number of hydrogen-bond acceptors (Lipinski definition) is 2. The number of rotatable bonds is 3. The average Bonchev–Trinajstić information content (AvgIpc) is 2.69. The van der Waals surface area contributed by atoms with Gasteiger partial charge in [0.1, 0.15) is 6.07 Å². The van der Waals surface area contributed by atoms with Crippen LogP contribution in [0.4, 0.5) is 0 Å². The quantitative estimate of drug-likeness (QED) is 0.872. The van der Waals surface area contributed by atoms with Crippen LogP contribution in [-0.2, 0) is 19.9 Å². The molecule has 0 atom stereocenters. The van der Waals surface area contributed by atoms with E-state index in [-0.39, 0.29) is 0 Å². The Morgan fingerprint density at radius 1 is 1.35 bits per heavy atom. The van der Waals surface area contributed by atoms with Crippen LogP contribution in [-0.4, -0.2) is 9.55 Å². The number of aromatic nitrogens is 2. The minimum Gasteiger partial charge on any atom is -0.336 e. The zero-order chi connectivity index (χ0) is 12.3. The molecular formula is C13H12BrN3. The minimum absolute atomic E-state index is 0.527. The highest BCUT2D eigenvalue weighted by Crippen LogP contribution is 2.18. The first kappa shape index (κ1) is 11.9. The maximum Gasteiger partial charge on any atom is 0.161 e. The SMILES string of the molecule is Cn1cnc(C#N)c1CCc1ccccc1Br. The van der Waals surface area contributed by atoms with Gasteiger partial charge in [0.25, 0.3) is 0 Å². The van der Waals surface area contributed by atoms with Crippen molar-refractivity contribution < 1.29 is 0 Å². The molecule has 3 nitrogen and oxygen atoms in total. The Bertz CT molecular complexity index is 566. The zero-order valence-electron chi connectivity index (χ0n) is 9.52. The summed E-state index contributed by atoms with van der Waals surface area (Å²) in [5.41, 5.74) is 2.76. The van der Waals surface area contributed by atoms with E-state index in [0.717, 1.165) is 23.0 Å². The second-order valence-corrected chi connectivity index (χ2v) is 4.71. The van der Waals surface area contributed by atoms with Crippen LogP contribution in [0, 0.1) is 11.3 Å². The van der Waals surface area contributed by atoms with E-state index in [4.69, 9.17) is 5.26 Å². The van der Waals surface area contributed by atoms with E-state index in [2.05, 4.69) is 33.0 Å². The normalized spacial score (nSPS) is 10.2. The van der Waals surface area contributed by atoms with Gasteiger partial charge in [0.05, 0.1) is 12.0 Å². The molecular weight excluding hydrogens is 278 g/mol. The van der Waals surface area contributed by atoms with E-state index >= 15 is 0 Å². The summed E-state index contributed by atoms with van der Waals surface area (Å²) in [4.78, 5) is 4.06. The molecule has 0 saturated heterocycles. The van der Waals surface area contributed by atoms with Gasteiger partial charge in [-0.15, -0.1) is 0 Å². The Morgan fingerprint density at radius 3 is 2.82 bits per heavy atom. The number of nitriles is 1. The summed E-state index contributed by atoms with van der Waals surface area (Å²) in [6.07, 6.45) is 3.41. The molecule has 2 rings (SSSR count). The van der Waals surface area contributed by atoms with E-state index in [1.807, 2.05) is 29.8 Å². The fraction of sp³-hybridized carbons (Fsp3) is 0.231. The van der Waals surface area contributed by atoms with Crippen molar-refractivity contribution in [3.63, 3.8) is 0 Å². The van der Waals surface area contributed by atoms with Gasteiger partial charge < -0.3 is 4.57 Å². The van der Waals surface area contributed by atoms with Gasteiger partial charge in [0.2, 0.25) is 0 Å². The second-order valence-electron chi connectivity index (χ2n) is 3.85. The van der Waals surface area contributed by atoms with Gasteiger partial charge in [-0.25, -0.2) is 4.98 Å². The van der Waals surface area contributed by atoms with E-state index in [1.54, 1.807) is 6.33 Å². The highest BCUT2D eigenvalue weighted by atomic mass is 79.9. The molecule has 0 radical (unpaired) electrons. The van der Waals surface area contributed by atoms with Crippen molar-refractivity contribution in [2.45, 2.75) is 12.8 Å². The van der Waals surface area contributed by atoms with Gasteiger partial charge >= 0.3 is 0 Å². The zero-order valence-corrected chi connectivity index (χ0v) is 11.1. The molecule has 0 fully saturated rings. The van der Waals surface area contributed by atoms with Crippen LogP contribution in [0.5, 0.6) is 0 Å². The predicted octanol–water partition coefficient (Wildman–Crippen LogP) is 2.84. The molecule has 0 N–H and O–H groups in total. The van der Waals surface area contributed by atoms with Crippen LogP contribution in [0.2, 0.25) is 0 Å². The summed E-state index contributed by atoms with van der Waals surface area (Å²) < 4.78 is 3.02. The number of nitrogens with zero attached hydrogens (tertiary/aromatic N) is 3. The summed E-state index contributed by atoms with van der Waals surface area (Å²) in [7, 11) is 1.92. The van der Waals surface area contributed by atoms with Crippen molar-refractivity contribution in [3.05, 3.63) is 52.0 Å². The summed E-state index contributed by atoms with van der Waals surface area (Å²) in [5, 5.41) is 8.95. The fourth-order valence-corrected chi connectivity index (χ4v) is 2.28. The first-order chi connectivity index (χ1) is 8.22. The summed E-state index contributed by atoms with van der Waals surface area (Å²) >= 11 is 3.53. The van der Waals surface area contributed by atoms with Crippen molar-refractivity contribution in [2.75, 3.05) is 0 Å². The third-order valence-corrected chi connectivity index (χ3v) is 3.53. The molecule has 1 aromatic heterocycles. The Morgan fingerprint density at radius 2 is 2.12 bits per heavy atom. The Labute approximate surface area is 109 Å². The molecule has 0 saturated carbocycles. The van der Waals surface area contributed by atoms with Gasteiger partial charge in [-0.3, -0.25) is 0 Å². The predicted molar refractivity (Wildman–Crippen MR) is 69.5 cm³/mol. The van der Waals surface area contributed by atoms with Gasteiger partial charge in [0.15, 0.2) is 5.69 Å². The van der Waals surface area contributed by atoms with Crippen LogP contribution in [0.15, 0.2) is 35.1 Å². The molecule has 86 valence electrons.